The summed E-state index contributed by atoms with van der Waals surface area (Å²) in [4.78, 5) is 9.49. The topological polar surface area (TPSA) is 64.5 Å². The largest absolute Gasteiger partial charge is 0.256 e. The van der Waals surface area contributed by atoms with Gasteiger partial charge in [-0.15, -0.1) is 10.2 Å². The standard InChI is InChI=1S/C43H27N5/c1-2-14-28(15-3-1)29-20-12-23-36(35-22-13-21-34-32-17-5-4-16-30(32)31-18-6-7-19-33(31)39(34)35)40(29)43-41(37-24-8-10-26-44-37)42(46-48-47-43)38-25-9-11-27-45-38/h1-27H. The highest BCUT2D eigenvalue weighted by Crippen LogP contribution is 2.47. The molecule has 3 aromatic heterocycles. The summed E-state index contributed by atoms with van der Waals surface area (Å²) in [5.74, 6) is 0. The van der Waals surface area contributed by atoms with Gasteiger partial charge < -0.3 is 0 Å². The van der Waals surface area contributed by atoms with E-state index in [9.17, 15) is 0 Å². The fourth-order valence-electron chi connectivity index (χ4n) is 7.00. The van der Waals surface area contributed by atoms with E-state index < -0.39 is 0 Å². The lowest BCUT2D eigenvalue weighted by atomic mass is 9.84. The summed E-state index contributed by atoms with van der Waals surface area (Å²) in [5.41, 5.74) is 8.80. The van der Waals surface area contributed by atoms with E-state index in [1.54, 1.807) is 12.4 Å². The Bertz CT molecular complexity index is 2560. The van der Waals surface area contributed by atoms with Gasteiger partial charge in [0.15, 0.2) is 0 Å². The molecule has 3 heterocycles. The van der Waals surface area contributed by atoms with Crippen LogP contribution in [0.5, 0.6) is 0 Å². The molecule has 0 amide bonds. The summed E-state index contributed by atoms with van der Waals surface area (Å²) in [6.07, 6.45) is 3.57. The normalized spacial score (nSPS) is 11.3. The van der Waals surface area contributed by atoms with Crippen molar-refractivity contribution < 1.29 is 0 Å². The molecule has 0 N–H and O–H groups in total. The Hall–Kier alpha value is -6.59. The highest BCUT2D eigenvalue weighted by Gasteiger charge is 2.25. The molecule has 0 aliphatic rings. The van der Waals surface area contributed by atoms with E-state index in [2.05, 4.69) is 124 Å². The number of pyridine rings is 2. The molecule has 0 fully saturated rings. The number of hydrogen-bond acceptors (Lipinski definition) is 5. The number of nitrogens with zero attached hydrogens (tertiary/aromatic N) is 5. The Morgan fingerprint density at radius 2 is 0.854 bits per heavy atom. The lowest BCUT2D eigenvalue weighted by molar-refractivity contribution is 0.875. The van der Waals surface area contributed by atoms with Gasteiger partial charge in [-0.25, -0.2) is 0 Å². The molecule has 0 bridgehead atoms. The first kappa shape index (κ1) is 27.7. The molecule has 0 saturated heterocycles. The minimum Gasteiger partial charge on any atom is -0.256 e. The summed E-state index contributed by atoms with van der Waals surface area (Å²) in [6.45, 7) is 0. The fourth-order valence-corrected chi connectivity index (χ4v) is 7.00. The summed E-state index contributed by atoms with van der Waals surface area (Å²) in [7, 11) is 0. The van der Waals surface area contributed by atoms with Crippen LogP contribution in [0, 0.1) is 0 Å². The minimum absolute atomic E-state index is 0.627. The fraction of sp³-hybridized carbons (Fsp3) is 0. The second-order valence-corrected chi connectivity index (χ2v) is 11.7. The zero-order chi connectivity index (χ0) is 31.9. The van der Waals surface area contributed by atoms with Gasteiger partial charge in [0.2, 0.25) is 0 Å². The van der Waals surface area contributed by atoms with Gasteiger partial charge in [-0.3, -0.25) is 9.97 Å². The summed E-state index contributed by atoms with van der Waals surface area (Å²) >= 11 is 0. The molecular formula is C43H27N5. The molecule has 9 rings (SSSR count). The first-order valence-corrected chi connectivity index (χ1v) is 15.9. The van der Waals surface area contributed by atoms with Crippen molar-refractivity contribution >= 4 is 32.3 Å². The van der Waals surface area contributed by atoms with Crippen LogP contribution in [0.3, 0.4) is 0 Å². The van der Waals surface area contributed by atoms with Crippen molar-refractivity contribution in [2.24, 2.45) is 0 Å². The molecule has 5 heteroatoms. The van der Waals surface area contributed by atoms with Gasteiger partial charge in [0.05, 0.1) is 17.0 Å². The molecule has 0 aliphatic heterocycles. The Morgan fingerprint density at radius 3 is 1.54 bits per heavy atom. The molecule has 0 atom stereocenters. The number of aromatic nitrogens is 5. The van der Waals surface area contributed by atoms with Gasteiger partial charge in [0.25, 0.3) is 0 Å². The third-order valence-electron chi connectivity index (χ3n) is 9.04. The van der Waals surface area contributed by atoms with Crippen molar-refractivity contribution in [3.05, 3.63) is 164 Å². The van der Waals surface area contributed by atoms with Crippen LogP contribution in [-0.4, -0.2) is 25.4 Å². The first-order valence-electron chi connectivity index (χ1n) is 15.9. The molecule has 0 unspecified atom stereocenters. The van der Waals surface area contributed by atoms with Gasteiger partial charge >= 0.3 is 0 Å². The highest BCUT2D eigenvalue weighted by molar-refractivity contribution is 6.29. The van der Waals surface area contributed by atoms with Crippen LogP contribution >= 0.6 is 0 Å². The van der Waals surface area contributed by atoms with E-state index in [0.29, 0.717) is 17.1 Å². The Labute approximate surface area is 277 Å². The maximum Gasteiger partial charge on any atom is 0.125 e. The van der Waals surface area contributed by atoms with E-state index >= 15 is 0 Å². The summed E-state index contributed by atoms with van der Waals surface area (Å²) in [5, 5.41) is 21.1. The lowest BCUT2D eigenvalue weighted by Gasteiger charge is -2.20. The van der Waals surface area contributed by atoms with Crippen molar-refractivity contribution in [1.29, 1.82) is 0 Å². The Balaban J connectivity index is 1.45. The lowest BCUT2D eigenvalue weighted by Crippen LogP contribution is -2.04. The Morgan fingerprint density at radius 1 is 0.333 bits per heavy atom. The zero-order valence-electron chi connectivity index (χ0n) is 25.8. The number of benzene rings is 6. The monoisotopic (exact) mass is 613 g/mol. The maximum atomic E-state index is 4.85. The van der Waals surface area contributed by atoms with E-state index in [1.165, 1.54) is 32.3 Å². The second-order valence-electron chi connectivity index (χ2n) is 11.7. The summed E-state index contributed by atoms with van der Waals surface area (Å²) in [6, 6.07) is 52.7. The van der Waals surface area contributed by atoms with Gasteiger partial charge in [0.1, 0.15) is 11.4 Å². The van der Waals surface area contributed by atoms with Gasteiger partial charge in [-0.1, -0.05) is 127 Å². The molecule has 48 heavy (non-hydrogen) atoms. The van der Waals surface area contributed by atoms with Crippen molar-refractivity contribution in [3.8, 4) is 56.2 Å². The smallest absolute Gasteiger partial charge is 0.125 e. The van der Waals surface area contributed by atoms with Crippen LogP contribution in [0.4, 0.5) is 0 Å². The predicted octanol–water partition coefficient (Wildman–Crippen LogP) is 10.5. The summed E-state index contributed by atoms with van der Waals surface area (Å²) < 4.78 is 0. The van der Waals surface area contributed by atoms with Crippen LogP contribution in [0.15, 0.2) is 164 Å². The molecular weight excluding hydrogens is 587 g/mol. The third kappa shape index (κ3) is 4.52. The van der Waals surface area contributed by atoms with Crippen LogP contribution in [0.2, 0.25) is 0 Å². The van der Waals surface area contributed by atoms with E-state index in [1.807, 2.05) is 42.5 Å². The minimum atomic E-state index is 0.627. The second kappa shape index (κ2) is 11.6. The van der Waals surface area contributed by atoms with Crippen LogP contribution < -0.4 is 0 Å². The molecule has 0 aliphatic carbocycles. The van der Waals surface area contributed by atoms with Crippen molar-refractivity contribution in [1.82, 2.24) is 25.4 Å². The van der Waals surface area contributed by atoms with E-state index in [4.69, 9.17) is 10.1 Å². The van der Waals surface area contributed by atoms with E-state index in [-0.39, 0.29) is 0 Å². The van der Waals surface area contributed by atoms with Gasteiger partial charge in [-0.05, 0) is 84.1 Å². The zero-order valence-corrected chi connectivity index (χ0v) is 25.8. The molecule has 0 spiro atoms. The van der Waals surface area contributed by atoms with E-state index in [0.717, 1.165) is 39.1 Å². The van der Waals surface area contributed by atoms with Crippen molar-refractivity contribution in [2.75, 3.05) is 0 Å². The molecule has 0 radical (unpaired) electrons. The molecule has 9 aromatic rings. The van der Waals surface area contributed by atoms with Crippen molar-refractivity contribution in [3.63, 3.8) is 0 Å². The SMILES string of the molecule is c1ccc(-c2cccc(-c3cccc4c5ccccc5c5ccccc5c34)c2-c2nnnc(-c3ccccn3)c2-c2ccccn2)cc1. The average molecular weight is 614 g/mol. The number of rotatable bonds is 5. The molecule has 0 saturated carbocycles. The van der Waals surface area contributed by atoms with Crippen LogP contribution in [0.1, 0.15) is 0 Å². The molecule has 5 nitrogen and oxygen atoms in total. The number of hydrogen-bond donors (Lipinski definition) is 0. The van der Waals surface area contributed by atoms with Crippen molar-refractivity contribution in [2.45, 2.75) is 0 Å². The van der Waals surface area contributed by atoms with Gasteiger partial charge in [0, 0.05) is 18.0 Å². The number of fused-ring (bicyclic) bond motifs is 6. The highest BCUT2D eigenvalue weighted by atomic mass is 15.3. The predicted molar refractivity (Wildman–Crippen MR) is 195 cm³/mol. The average Bonchev–Trinajstić information content (AvgIpc) is 3.18. The molecule has 224 valence electrons. The molecule has 6 aromatic carbocycles. The van der Waals surface area contributed by atoms with Crippen LogP contribution in [0.25, 0.3) is 88.5 Å². The quantitative estimate of drug-likeness (QED) is 0.181. The van der Waals surface area contributed by atoms with Crippen LogP contribution in [-0.2, 0) is 0 Å². The maximum absolute atomic E-state index is 4.85. The first-order chi connectivity index (χ1) is 23.9. The third-order valence-corrected chi connectivity index (χ3v) is 9.04. The van der Waals surface area contributed by atoms with Gasteiger partial charge in [-0.2, -0.15) is 0 Å². The Kier molecular flexibility index (Phi) is 6.72.